The first kappa shape index (κ1) is 41.1. The van der Waals surface area contributed by atoms with Crippen LogP contribution in [-0.2, 0) is 9.16 Å². The highest BCUT2D eigenvalue weighted by Gasteiger charge is 2.48. The second-order valence-electron chi connectivity index (χ2n) is 16.9. The number of nitrogens with zero attached hydrogens (tertiary/aromatic N) is 1. The summed E-state index contributed by atoms with van der Waals surface area (Å²) in [6.45, 7) is 30.1. The van der Waals surface area contributed by atoms with Crippen LogP contribution in [0.4, 0.5) is 10.5 Å². The van der Waals surface area contributed by atoms with Gasteiger partial charge in [0, 0.05) is 18.0 Å². The average Bonchev–Trinajstić information content (AvgIpc) is 3.41. The van der Waals surface area contributed by atoms with E-state index in [1.807, 2.05) is 18.3 Å². The van der Waals surface area contributed by atoms with Gasteiger partial charge >= 0.3 is 6.16 Å². The molecule has 1 atom stereocenters. The molecule has 0 spiro atoms. The van der Waals surface area contributed by atoms with E-state index in [9.17, 15) is 9.59 Å². The lowest BCUT2D eigenvalue weighted by Gasteiger charge is -2.42. The monoisotopic (exact) mass is 726 g/mol. The summed E-state index contributed by atoms with van der Waals surface area (Å²) < 4.78 is 30.1. The molecule has 1 aliphatic rings. The first-order valence-corrected chi connectivity index (χ1v) is 22.8. The number of hydrogen-bond donors (Lipinski definition) is 1. The number of carbonyl (C=O) groups excluding carboxylic acids is 2. The van der Waals surface area contributed by atoms with Crippen molar-refractivity contribution in [2.45, 2.75) is 136 Å². The lowest BCUT2D eigenvalue weighted by Crippen LogP contribution is -2.50. The zero-order valence-electron chi connectivity index (χ0n) is 33.1. The molecule has 2 aromatic rings. The number of amides is 1. The second-order valence-corrected chi connectivity index (χ2v) is 27.1. The van der Waals surface area contributed by atoms with Crippen molar-refractivity contribution < 1.29 is 32.7 Å². The molecule has 11 heteroatoms. The number of rotatable bonds is 12. The van der Waals surface area contributed by atoms with Crippen molar-refractivity contribution in [1.29, 1.82) is 0 Å². The van der Waals surface area contributed by atoms with E-state index in [4.69, 9.17) is 28.8 Å². The Morgan fingerprint density at radius 1 is 0.900 bits per heavy atom. The van der Waals surface area contributed by atoms with E-state index in [1.54, 1.807) is 57.0 Å². The molecule has 0 bridgehead atoms. The molecule has 0 saturated carbocycles. The highest BCUT2D eigenvalue weighted by atomic mass is 28.4. The van der Waals surface area contributed by atoms with Crippen LogP contribution in [-0.4, -0.2) is 59.0 Å². The third kappa shape index (κ3) is 9.33. The van der Waals surface area contributed by atoms with Gasteiger partial charge in [0.2, 0.25) is 0 Å². The van der Waals surface area contributed by atoms with Crippen LogP contribution in [0.2, 0.25) is 34.8 Å². The highest BCUT2D eigenvalue weighted by Crippen LogP contribution is 2.46. The van der Waals surface area contributed by atoms with Crippen molar-refractivity contribution in [2.24, 2.45) is 0 Å². The zero-order chi connectivity index (χ0) is 38.0. The SMILES string of the molecule is COc1cc(C(=O)N2C=C(c3ccc(OC(=O)OC(C)(C)C)cc3)C[C@H]2CO[Si](C)(C)C(C)(C)C)c(N)cc1O[Si](C(C)C)(C(C)C)C(C)C. The number of carbonyl (C=O) groups is 2. The largest absolute Gasteiger partial charge is 0.540 e. The minimum absolute atomic E-state index is 0.00872. The molecule has 0 fully saturated rings. The Bertz CT molecular complexity index is 1520. The standard InChI is InChI=1S/C39H62N2O7Si2/c1-25(2)50(26(3)4,27(5)6)48-35-22-33(40)32(21-34(35)44-13)36(42)41-23-29(20-30(41)24-45-49(14,15)39(10,11)12)28-16-18-31(19-17-28)46-37(43)47-38(7,8)9/h16-19,21-23,25-27,30H,20,24,40H2,1-15H3/t30-/m0/s1. The fraction of sp³-hybridized carbons (Fsp3) is 0.590. The van der Waals surface area contributed by atoms with Gasteiger partial charge in [-0.25, -0.2) is 4.79 Å². The molecule has 1 heterocycles. The van der Waals surface area contributed by atoms with Gasteiger partial charge < -0.3 is 33.7 Å². The molecule has 0 unspecified atom stereocenters. The Labute approximate surface area is 303 Å². The summed E-state index contributed by atoms with van der Waals surface area (Å²) in [5.41, 5.74) is 9.61. The van der Waals surface area contributed by atoms with Crippen molar-refractivity contribution in [1.82, 2.24) is 4.90 Å². The van der Waals surface area contributed by atoms with E-state index in [0.717, 1.165) is 11.1 Å². The van der Waals surface area contributed by atoms with Gasteiger partial charge in [0.1, 0.15) is 17.1 Å². The maximum Gasteiger partial charge on any atom is 0.514 e. The Morgan fingerprint density at radius 2 is 1.46 bits per heavy atom. The predicted molar refractivity (Wildman–Crippen MR) is 208 cm³/mol. The first-order chi connectivity index (χ1) is 22.9. The van der Waals surface area contributed by atoms with Crippen LogP contribution in [0.25, 0.3) is 5.57 Å². The van der Waals surface area contributed by atoms with Crippen LogP contribution < -0.4 is 19.6 Å². The first-order valence-electron chi connectivity index (χ1n) is 17.8. The van der Waals surface area contributed by atoms with E-state index < -0.39 is 28.4 Å². The maximum atomic E-state index is 14.5. The summed E-state index contributed by atoms with van der Waals surface area (Å²) in [6, 6.07) is 10.4. The van der Waals surface area contributed by atoms with Gasteiger partial charge in [0.25, 0.3) is 14.2 Å². The smallest absolute Gasteiger partial charge is 0.514 e. The second kappa shape index (κ2) is 15.5. The summed E-state index contributed by atoms with van der Waals surface area (Å²) in [7, 11) is -2.85. The molecule has 9 nitrogen and oxygen atoms in total. The molecule has 1 amide bonds. The zero-order valence-corrected chi connectivity index (χ0v) is 35.1. The summed E-state index contributed by atoms with van der Waals surface area (Å²) in [5, 5.41) is 0.00872. The Kier molecular flexibility index (Phi) is 12.8. The predicted octanol–water partition coefficient (Wildman–Crippen LogP) is 10.4. The van der Waals surface area contributed by atoms with Gasteiger partial charge in [0.15, 0.2) is 14.1 Å². The minimum atomic E-state index is -2.32. The molecule has 1 aliphatic heterocycles. The Hall–Kier alpha value is -3.29. The van der Waals surface area contributed by atoms with Crippen LogP contribution >= 0.6 is 0 Å². The summed E-state index contributed by atoms with van der Waals surface area (Å²) in [6.07, 6.45) is 1.70. The molecule has 2 N–H and O–H groups in total. The van der Waals surface area contributed by atoms with Crippen molar-refractivity contribution in [3.63, 3.8) is 0 Å². The van der Waals surface area contributed by atoms with E-state index in [0.29, 0.717) is 58.2 Å². The number of nitrogens with two attached hydrogens (primary N) is 1. The van der Waals surface area contributed by atoms with Gasteiger partial charge in [-0.3, -0.25) is 4.79 Å². The third-order valence-electron chi connectivity index (χ3n) is 10.2. The number of anilines is 1. The topological polar surface area (TPSA) is 110 Å². The molecule has 0 aliphatic carbocycles. The quantitative estimate of drug-likeness (QED) is 0.0996. The molecule has 0 radical (unpaired) electrons. The van der Waals surface area contributed by atoms with Crippen molar-refractivity contribution >= 4 is 40.0 Å². The fourth-order valence-corrected chi connectivity index (χ4v) is 12.8. The lowest BCUT2D eigenvalue weighted by molar-refractivity contribution is 0.0206. The number of methoxy groups -OCH3 is 1. The fourth-order valence-electron chi connectivity index (χ4n) is 6.54. The normalized spacial score (nSPS) is 15.8. The minimum Gasteiger partial charge on any atom is -0.540 e. The van der Waals surface area contributed by atoms with E-state index in [-0.39, 0.29) is 17.0 Å². The lowest BCUT2D eigenvalue weighted by atomic mass is 10.0. The molecule has 0 saturated heterocycles. The van der Waals surface area contributed by atoms with E-state index in [2.05, 4.69) is 75.4 Å². The third-order valence-corrected chi connectivity index (χ3v) is 20.7. The molecular formula is C39H62N2O7Si2. The molecular weight excluding hydrogens is 665 g/mol. The molecule has 2 aromatic carbocycles. The number of nitrogen functional groups attached to an aromatic ring is 1. The van der Waals surface area contributed by atoms with Crippen LogP contribution in [0.3, 0.4) is 0 Å². The van der Waals surface area contributed by atoms with Crippen molar-refractivity contribution in [3.8, 4) is 17.2 Å². The summed E-state index contributed by atoms with van der Waals surface area (Å²) >= 11 is 0. The Morgan fingerprint density at radius 3 is 1.94 bits per heavy atom. The molecule has 278 valence electrons. The van der Waals surface area contributed by atoms with Gasteiger partial charge in [-0.15, -0.1) is 0 Å². The van der Waals surface area contributed by atoms with E-state index in [1.165, 1.54) is 0 Å². The number of ether oxygens (including phenoxy) is 3. The van der Waals surface area contributed by atoms with Crippen LogP contribution in [0.1, 0.15) is 105 Å². The highest BCUT2D eigenvalue weighted by molar-refractivity contribution is 6.78. The van der Waals surface area contributed by atoms with Gasteiger partial charge in [-0.05, 0) is 91.3 Å². The number of benzene rings is 2. The van der Waals surface area contributed by atoms with Crippen molar-refractivity contribution in [3.05, 3.63) is 53.7 Å². The van der Waals surface area contributed by atoms with Gasteiger partial charge in [-0.2, -0.15) is 0 Å². The van der Waals surface area contributed by atoms with Gasteiger partial charge in [0.05, 0.1) is 25.3 Å². The van der Waals surface area contributed by atoms with Gasteiger partial charge in [-0.1, -0.05) is 74.4 Å². The molecule has 50 heavy (non-hydrogen) atoms. The number of hydrogen-bond acceptors (Lipinski definition) is 8. The Balaban J connectivity index is 2.01. The van der Waals surface area contributed by atoms with Crippen LogP contribution in [0.5, 0.6) is 17.2 Å². The van der Waals surface area contributed by atoms with Crippen molar-refractivity contribution in [2.75, 3.05) is 19.5 Å². The summed E-state index contributed by atoms with van der Waals surface area (Å²) in [4.78, 5) is 28.4. The average molecular weight is 727 g/mol. The maximum absolute atomic E-state index is 14.5. The molecule has 3 rings (SSSR count). The molecule has 0 aromatic heterocycles. The summed E-state index contributed by atoms with van der Waals surface area (Å²) in [5.74, 6) is 1.19. The van der Waals surface area contributed by atoms with E-state index >= 15 is 0 Å². The van der Waals surface area contributed by atoms with Crippen LogP contribution in [0.15, 0.2) is 42.6 Å². The van der Waals surface area contributed by atoms with Crippen LogP contribution in [0, 0.1) is 0 Å².